The molecule has 0 radical (unpaired) electrons. The van der Waals surface area contributed by atoms with E-state index in [2.05, 4.69) is 53.6 Å². The summed E-state index contributed by atoms with van der Waals surface area (Å²) in [7, 11) is 4.19. The molecule has 4 heteroatoms. The van der Waals surface area contributed by atoms with Crippen molar-refractivity contribution in [3.63, 3.8) is 0 Å². The van der Waals surface area contributed by atoms with Crippen molar-refractivity contribution in [3.05, 3.63) is 0 Å². The van der Waals surface area contributed by atoms with Crippen LogP contribution < -0.4 is 0 Å². The summed E-state index contributed by atoms with van der Waals surface area (Å²) < 4.78 is 18.3. The van der Waals surface area contributed by atoms with Crippen LogP contribution in [0.1, 0.15) is 86.0 Å². The van der Waals surface area contributed by atoms with E-state index in [9.17, 15) is 0 Å². The number of hydrogen-bond acceptors (Lipinski definition) is 4. The SMILES string of the molecule is CCCC[C@@H](CC)COC[C@@H](CN(C)C)OC[C@@H](C)COC[C@@H](CC)CCCC. The third-order valence-corrected chi connectivity index (χ3v) is 5.69. The van der Waals surface area contributed by atoms with Crippen LogP contribution in [0.4, 0.5) is 0 Å². The van der Waals surface area contributed by atoms with Crippen LogP contribution in [0, 0.1) is 17.8 Å². The maximum Gasteiger partial charge on any atom is 0.0934 e. The van der Waals surface area contributed by atoms with Gasteiger partial charge >= 0.3 is 0 Å². The van der Waals surface area contributed by atoms with Crippen LogP contribution >= 0.6 is 0 Å². The fourth-order valence-electron chi connectivity index (χ4n) is 3.51. The molecule has 0 aromatic heterocycles. The van der Waals surface area contributed by atoms with Crippen molar-refractivity contribution < 1.29 is 14.2 Å². The Balaban J connectivity index is 4.16. The molecule has 0 aliphatic rings. The largest absolute Gasteiger partial charge is 0.381 e. The van der Waals surface area contributed by atoms with E-state index in [0.717, 1.165) is 33.0 Å². The molecule has 0 aromatic carbocycles. The predicted octanol–water partition coefficient (Wildman–Crippen LogP) is 6.04. The van der Waals surface area contributed by atoms with Crippen LogP contribution in [0.2, 0.25) is 0 Å². The highest BCUT2D eigenvalue weighted by Gasteiger charge is 2.15. The molecule has 0 spiro atoms. The second-order valence-corrected chi connectivity index (χ2v) is 9.23. The third kappa shape index (κ3) is 17.2. The average Bonchev–Trinajstić information content (AvgIpc) is 2.70. The van der Waals surface area contributed by atoms with Crippen LogP contribution in [-0.2, 0) is 14.2 Å². The van der Waals surface area contributed by atoms with Crippen molar-refractivity contribution >= 4 is 0 Å². The van der Waals surface area contributed by atoms with Crippen molar-refractivity contribution in [2.75, 3.05) is 53.7 Å². The minimum Gasteiger partial charge on any atom is -0.381 e. The molecule has 0 aromatic rings. The first-order valence-corrected chi connectivity index (χ1v) is 12.4. The van der Waals surface area contributed by atoms with Crippen molar-refractivity contribution in [2.45, 2.75) is 92.1 Å². The molecule has 0 heterocycles. The smallest absolute Gasteiger partial charge is 0.0934 e. The summed E-state index contributed by atoms with van der Waals surface area (Å²) in [5.41, 5.74) is 0. The van der Waals surface area contributed by atoms with Gasteiger partial charge in [0.05, 0.1) is 25.9 Å². The summed E-state index contributed by atoms with van der Waals surface area (Å²) in [6.45, 7) is 16.1. The van der Waals surface area contributed by atoms with E-state index < -0.39 is 0 Å². The van der Waals surface area contributed by atoms with Crippen LogP contribution in [0.25, 0.3) is 0 Å². The van der Waals surface area contributed by atoms with Gasteiger partial charge in [0, 0.05) is 25.7 Å². The van der Waals surface area contributed by atoms with Gasteiger partial charge in [0.15, 0.2) is 0 Å². The molecule has 4 nitrogen and oxygen atoms in total. The maximum absolute atomic E-state index is 6.21. The Morgan fingerprint density at radius 2 is 1.21 bits per heavy atom. The Labute approximate surface area is 183 Å². The summed E-state index contributed by atoms with van der Waals surface area (Å²) in [4.78, 5) is 2.18. The quantitative estimate of drug-likeness (QED) is 0.229. The van der Waals surface area contributed by atoms with Crippen molar-refractivity contribution in [1.82, 2.24) is 4.90 Å². The Kier molecular flexibility index (Phi) is 19.7. The minimum atomic E-state index is 0.129. The second kappa shape index (κ2) is 19.8. The lowest BCUT2D eigenvalue weighted by atomic mass is 10.0. The molecule has 0 bridgehead atoms. The fourth-order valence-corrected chi connectivity index (χ4v) is 3.51. The molecule has 0 saturated carbocycles. The maximum atomic E-state index is 6.21. The van der Waals surface area contributed by atoms with Gasteiger partial charge in [-0.2, -0.15) is 0 Å². The Bertz CT molecular complexity index is 338. The summed E-state index contributed by atoms with van der Waals surface area (Å²) in [6.07, 6.45) is 10.2. The van der Waals surface area contributed by atoms with Gasteiger partial charge in [-0.15, -0.1) is 0 Å². The Hall–Kier alpha value is -0.160. The van der Waals surface area contributed by atoms with Gasteiger partial charge in [-0.3, -0.25) is 0 Å². The summed E-state index contributed by atoms with van der Waals surface area (Å²) in [5.74, 6) is 1.80. The molecule has 0 saturated heterocycles. The van der Waals surface area contributed by atoms with E-state index in [1.807, 2.05) is 0 Å². The first kappa shape index (κ1) is 28.8. The molecule has 0 rings (SSSR count). The van der Waals surface area contributed by atoms with Crippen LogP contribution in [-0.4, -0.2) is 64.7 Å². The van der Waals surface area contributed by atoms with E-state index in [1.54, 1.807) is 0 Å². The summed E-state index contributed by atoms with van der Waals surface area (Å²) >= 11 is 0. The number of likely N-dealkylation sites (N-methyl/N-ethyl adjacent to an activating group) is 1. The highest BCUT2D eigenvalue weighted by Crippen LogP contribution is 2.15. The number of ether oxygens (including phenoxy) is 3. The third-order valence-electron chi connectivity index (χ3n) is 5.69. The Morgan fingerprint density at radius 1 is 0.690 bits per heavy atom. The average molecular weight is 416 g/mol. The normalized spacial score (nSPS) is 16.1. The lowest BCUT2D eigenvalue weighted by Crippen LogP contribution is -2.34. The van der Waals surface area contributed by atoms with E-state index in [-0.39, 0.29) is 6.10 Å². The lowest BCUT2D eigenvalue weighted by molar-refractivity contribution is -0.0540. The van der Waals surface area contributed by atoms with E-state index >= 15 is 0 Å². The summed E-state index contributed by atoms with van der Waals surface area (Å²) in [5, 5.41) is 0. The molecule has 0 aliphatic carbocycles. The van der Waals surface area contributed by atoms with Gasteiger partial charge in [-0.1, -0.05) is 73.1 Å². The zero-order chi connectivity index (χ0) is 21.9. The molecule has 0 unspecified atom stereocenters. The zero-order valence-electron chi connectivity index (χ0n) is 20.9. The van der Waals surface area contributed by atoms with Gasteiger partial charge in [0.2, 0.25) is 0 Å². The molecule has 0 N–H and O–H groups in total. The molecule has 0 amide bonds. The number of hydrogen-bond donors (Lipinski definition) is 0. The van der Waals surface area contributed by atoms with Crippen molar-refractivity contribution in [1.29, 1.82) is 0 Å². The van der Waals surface area contributed by atoms with Crippen LogP contribution in [0.3, 0.4) is 0 Å². The number of unbranched alkanes of at least 4 members (excludes halogenated alkanes) is 2. The molecule has 176 valence electrons. The van der Waals surface area contributed by atoms with Crippen LogP contribution in [0.15, 0.2) is 0 Å². The van der Waals surface area contributed by atoms with Gasteiger partial charge in [0.25, 0.3) is 0 Å². The Morgan fingerprint density at radius 3 is 1.66 bits per heavy atom. The molecule has 0 fully saturated rings. The first-order chi connectivity index (χ1) is 14.0. The molecule has 29 heavy (non-hydrogen) atoms. The molecule has 0 aliphatic heterocycles. The van der Waals surface area contributed by atoms with Gasteiger partial charge in [-0.05, 0) is 38.8 Å². The monoisotopic (exact) mass is 415 g/mol. The van der Waals surface area contributed by atoms with E-state index in [0.29, 0.717) is 24.4 Å². The molecular formula is C25H53NO3. The topological polar surface area (TPSA) is 30.9 Å². The van der Waals surface area contributed by atoms with E-state index in [1.165, 1.54) is 51.4 Å². The second-order valence-electron chi connectivity index (χ2n) is 9.23. The van der Waals surface area contributed by atoms with Gasteiger partial charge in [-0.25, -0.2) is 0 Å². The fraction of sp³-hybridized carbons (Fsp3) is 1.00. The van der Waals surface area contributed by atoms with Gasteiger partial charge < -0.3 is 19.1 Å². The zero-order valence-corrected chi connectivity index (χ0v) is 20.9. The molecular weight excluding hydrogens is 362 g/mol. The van der Waals surface area contributed by atoms with Crippen LogP contribution in [0.5, 0.6) is 0 Å². The number of rotatable bonds is 21. The number of nitrogens with zero attached hydrogens (tertiary/aromatic N) is 1. The van der Waals surface area contributed by atoms with Crippen molar-refractivity contribution in [3.8, 4) is 0 Å². The minimum absolute atomic E-state index is 0.129. The van der Waals surface area contributed by atoms with Crippen molar-refractivity contribution in [2.24, 2.45) is 17.8 Å². The van der Waals surface area contributed by atoms with E-state index in [4.69, 9.17) is 14.2 Å². The summed E-state index contributed by atoms with van der Waals surface area (Å²) in [6, 6.07) is 0. The lowest BCUT2D eigenvalue weighted by Gasteiger charge is -2.25. The molecule has 4 atom stereocenters. The first-order valence-electron chi connectivity index (χ1n) is 12.4. The standard InChI is InChI=1S/C25H53NO3/c1-8-12-14-23(10-3)19-27-17-22(5)18-29-25(16-26(6)7)21-28-20-24(11-4)15-13-9-2/h22-25H,8-21H2,1-7H3/t22-,23-,24+,25+/m0/s1. The highest BCUT2D eigenvalue weighted by molar-refractivity contribution is 4.64. The van der Waals surface area contributed by atoms with Gasteiger partial charge in [0.1, 0.15) is 0 Å². The predicted molar refractivity (Wildman–Crippen MR) is 126 cm³/mol. The highest BCUT2D eigenvalue weighted by atomic mass is 16.5.